The lowest BCUT2D eigenvalue weighted by Crippen LogP contribution is -2.36. The van der Waals surface area contributed by atoms with Crippen LogP contribution in [0.2, 0.25) is 0 Å². The molecule has 1 unspecified atom stereocenters. The zero-order valence-electron chi connectivity index (χ0n) is 12.8. The van der Waals surface area contributed by atoms with Gasteiger partial charge in [-0.2, -0.15) is 10.4 Å². The van der Waals surface area contributed by atoms with Crippen molar-refractivity contribution in [2.24, 2.45) is 0 Å². The Kier molecular flexibility index (Phi) is 4.21. The molecular formula is C17H20N4O. The van der Waals surface area contributed by atoms with Gasteiger partial charge in [-0.1, -0.05) is 42.7 Å². The smallest absolute Gasteiger partial charge is 0.199 e. The fourth-order valence-corrected chi connectivity index (χ4v) is 2.98. The largest absolute Gasteiger partial charge is 0.351 e. The summed E-state index contributed by atoms with van der Waals surface area (Å²) in [4.78, 5) is 3.97. The van der Waals surface area contributed by atoms with Gasteiger partial charge in [-0.05, 0) is 19.8 Å². The number of benzene rings is 1. The van der Waals surface area contributed by atoms with E-state index in [4.69, 9.17) is 4.74 Å². The molecule has 114 valence electrons. The van der Waals surface area contributed by atoms with Crippen molar-refractivity contribution in [3.63, 3.8) is 0 Å². The summed E-state index contributed by atoms with van der Waals surface area (Å²) >= 11 is 0. The summed E-state index contributed by atoms with van der Waals surface area (Å²) in [5.74, 6) is 0. The van der Waals surface area contributed by atoms with Crippen LogP contribution in [-0.4, -0.2) is 20.9 Å². The van der Waals surface area contributed by atoms with Gasteiger partial charge in [0.2, 0.25) is 0 Å². The first-order chi connectivity index (χ1) is 10.7. The third-order valence-electron chi connectivity index (χ3n) is 4.22. The molecule has 1 heterocycles. The molecule has 22 heavy (non-hydrogen) atoms. The van der Waals surface area contributed by atoms with Crippen molar-refractivity contribution in [1.29, 1.82) is 5.26 Å². The first-order valence-electron chi connectivity index (χ1n) is 7.70. The minimum Gasteiger partial charge on any atom is -0.351 e. The van der Waals surface area contributed by atoms with Crippen LogP contribution in [0, 0.1) is 18.3 Å². The summed E-state index contributed by atoms with van der Waals surface area (Å²) in [7, 11) is 0. The van der Waals surface area contributed by atoms with Crippen LogP contribution < -0.4 is 0 Å². The molecular weight excluding hydrogens is 276 g/mol. The SMILES string of the molecule is Cc1ccc(C(C#N)(Cn2cncn2)OC2CCCC2)cc1. The Hall–Kier alpha value is -2.19. The Labute approximate surface area is 130 Å². The highest BCUT2D eigenvalue weighted by Gasteiger charge is 2.38. The average Bonchev–Trinajstić information content (AvgIpc) is 3.21. The van der Waals surface area contributed by atoms with E-state index in [1.54, 1.807) is 11.0 Å². The molecule has 1 aliphatic carbocycles. The number of nitrogens with zero attached hydrogens (tertiary/aromatic N) is 4. The molecule has 1 saturated carbocycles. The van der Waals surface area contributed by atoms with Gasteiger partial charge in [0.1, 0.15) is 18.7 Å². The molecule has 0 N–H and O–H groups in total. The Morgan fingerprint density at radius 3 is 2.64 bits per heavy atom. The predicted molar refractivity (Wildman–Crippen MR) is 81.8 cm³/mol. The number of nitriles is 1. The second-order valence-electron chi connectivity index (χ2n) is 5.92. The van der Waals surface area contributed by atoms with Crippen LogP contribution in [0.15, 0.2) is 36.9 Å². The lowest BCUT2D eigenvalue weighted by Gasteiger charge is -2.30. The molecule has 0 saturated heterocycles. The van der Waals surface area contributed by atoms with Gasteiger partial charge in [-0.15, -0.1) is 0 Å². The molecule has 1 aromatic carbocycles. The molecule has 5 heteroatoms. The van der Waals surface area contributed by atoms with Crippen LogP contribution in [0.25, 0.3) is 0 Å². The van der Waals surface area contributed by atoms with Gasteiger partial charge in [0.25, 0.3) is 0 Å². The van der Waals surface area contributed by atoms with E-state index in [0.717, 1.165) is 24.0 Å². The van der Waals surface area contributed by atoms with E-state index < -0.39 is 5.60 Å². The highest BCUT2D eigenvalue weighted by molar-refractivity contribution is 5.31. The maximum absolute atomic E-state index is 9.92. The topological polar surface area (TPSA) is 63.7 Å². The molecule has 0 radical (unpaired) electrons. The quantitative estimate of drug-likeness (QED) is 0.851. The normalized spacial score (nSPS) is 18.0. The Morgan fingerprint density at radius 2 is 2.05 bits per heavy atom. The highest BCUT2D eigenvalue weighted by atomic mass is 16.5. The predicted octanol–water partition coefficient (Wildman–Crippen LogP) is 2.96. The van der Waals surface area contributed by atoms with Crippen molar-refractivity contribution >= 4 is 0 Å². The van der Waals surface area contributed by atoms with Gasteiger partial charge in [-0.3, -0.25) is 0 Å². The number of aryl methyl sites for hydroxylation is 1. The summed E-state index contributed by atoms with van der Waals surface area (Å²) in [6.45, 7) is 2.39. The molecule has 1 aromatic heterocycles. The van der Waals surface area contributed by atoms with Gasteiger partial charge < -0.3 is 4.74 Å². The molecule has 5 nitrogen and oxygen atoms in total. The molecule has 0 spiro atoms. The summed E-state index contributed by atoms with van der Waals surface area (Å²) < 4.78 is 7.96. The van der Waals surface area contributed by atoms with Crippen LogP contribution >= 0.6 is 0 Å². The first kappa shape index (κ1) is 14.7. The third-order valence-corrected chi connectivity index (χ3v) is 4.22. The number of hydrogen-bond acceptors (Lipinski definition) is 4. The number of rotatable bonds is 5. The Morgan fingerprint density at radius 1 is 1.32 bits per heavy atom. The molecule has 1 fully saturated rings. The van der Waals surface area contributed by atoms with Crippen LogP contribution in [-0.2, 0) is 16.9 Å². The van der Waals surface area contributed by atoms with Crippen molar-refractivity contribution in [2.75, 3.05) is 0 Å². The molecule has 3 rings (SSSR count). The third kappa shape index (κ3) is 3.02. The zero-order valence-corrected chi connectivity index (χ0v) is 12.8. The van der Waals surface area contributed by atoms with Crippen molar-refractivity contribution in [1.82, 2.24) is 14.8 Å². The minimum absolute atomic E-state index is 0.143. The van der Waals surface area contributed by atoms with Crippen molar-refractivity contribution in [3.05, 3.63) is 48.0 Å². The van der Waals surface area contributed by atoms with E-state index in [-0.39, 0.29) is 6.10 Å². The number of aromatic nitrogens is 3. The van der Waals surface area contributed by atoms with Crippen LogP contribution in [0.5, 0.6) is 0 Å². The van der Waals surface area contributed by atoms with E-state index in [2.05, 4.69) is 16.2 Å². The molecule has 2 aromatic rings. The second-order valence-corrected chi connectivity index (χ2v) is 5.92. The maximum atomic E-state index is 9.92. The van der Waals surface area contributed by atoms with Crippen molar-refractivity contribution in [3.8, 4) is 6.07 Å². The van der Waals surface area contributed by atoms with Crippen molar-refractivity contribution in [2.45, 2.75) is 50.9 Å². The van der Waals surface area contributed by atoms with Crippen LogP contribution in [0.4, 0.5) is 0 Å². The summed E-state index contributed by atoms with van der Waals surface area (Å²) in [6.07, 6.45) is 7.63. The average molecular weight is 296 g/mol. The maximum Gasteiger partial charge on any atom is 0.199 e. The van der Waals surface area contributed by atoms with Gasteiger partial charge in [0.05, 0.1) is 12.6 Å². The van der Waals surface area contributed by atoms with Crippen LogP contribution in [0.1, 0.15) is 36.8 Å². The highest BCUT2D eigenvalue weighted by Crippen LogP contribution is 2.33. The van der Waals surface area contributed by atoms with E-state index in [1.165, 1.54) is 19.2 Å². The second kappa shape index (κ2) is 6.29. The molecule has 1 aliphatic rings. The minimum atomic E-state index is -1.02. The molecule has 1 atom stereocenters. The molecule has 0 bridgehead atoms. The van der Waals surface area contributed by atoms with E-state index in [9.17, 15) is 5.26 Å². The Bertz CT molecular complexity index is 638. The summed E-state index contributed by atoms with van der Waals surface area (Å²) in [5, 5.41) is 14.1. The summed E-state index contributed by atoms with van der Waals surface area (Å²) in [5.41, 5.74) is 1.02. The standard InChI is InChI=1S/C17H20N4O/c1-14-6-8-15(9-7-14)17(10-18,11-21-13-19-12-20-21)22-16-4-2-3-5-16/h6-9,12-13,16H,2-5,11H2,1H3. The summed E-state index contributed by atoms with van der Waals surface area (Å²) in [6, 6.07) is 10.4. The van der Waals surface area contributed by atoms with Gasteiger partial charge >= 0.3 is 0 Å². The monoisotopic (exact) mass is 296 g/mol. The fraction of sp³-hybridized carbons (Fsp3) is 0.471. The Balaban J connectivity index is 1.94. The van der Waals surface area contributed by atoms with Crippen molar-refractivity contribution < 1.29 is 4.74 Å². The lowest BCUT2D eigenvalue weighted by atomic mass is 9.93. The van der Waals surface area contributed by atoms with E-state index in [0.29, 0.717) is 6.54 Å². The molecule has 0 aliphatic heterocycles. The first-order valence-corrected chi connectivity index (χ1v) is 7.70. The fourth-order valence-electron chi connectivity index (χ4n) is 2.98. The van der Waals surface area contributed by atoms with Crippen LogP contribution in [0.3, 0.4) is 0 Å². The van der Waals surface area contributed by atoms with E-state index in [1.807, 2.05) is 31.2 Å². The molecule has 0 amide bonds. The number of hydrogen-bond donors (Lipinski definition) is 0. The lowest BCUT2D eigenvalue weighted by molar-refractivity contribution is -0.0708. The van der Waals surface area contributed by atoms with E-state index >= 15 is 0 Å². The van der Waals surface area contributed by atoms with Gasteiger partial charge in [0, 0.05) is 5.56 Å². The van der Waals surface area contributed by atoms with Gasteiger partial charge in [-0.25, -0.2) is 9.67 Å². The number of ether oxygens (including phenoxy) is 1. The zero-order chi connectivity index (χ0) is 15.4. The van der Waals surface area contributed by atoms with Gasteiger partial charge in [0.15, 0.2) is 5.60 Å².